The number of para-hydroxylation sites is 1. The lowest BCUT2D eigenvalue weighted by Gasteiger charge is -2.28. The molecule has 2 amide bonds. The Morgan fingerprint density at radius 3 is 2.67 bits per heavy atom. The minimum Gasteiger partial charge on any atom is -0.341 e. The van der Waals surface area contributed by atoms with Crippen molar-refractivity contribution in [2.24, 2.45) is 5.92 Å². The van der Waals surface area contributed by atoms with Crippen LogP contribution in [0.3, 0.4) is 0 Å². The monoisotopic (exact) mass is 308 g/mol. The number of rotatable bonds is 2. The van der Waals surface area contributed by atoms with Gasteiger partial charge in [0.05, 0.1) is 11.6 Å². The highest BCUT2D eigenvalue weighted by Gasteiger charge is 2.38. The van der Waals surface area contributed by atoms with Crippen molar-refractivity contribution < 1.29 is 14.0 Å². The van der Waals surface area contributed by atoms with Crippen LogP contribution in [0.25, 0.3) is 0 Å². The molecule has 21 heavy (non-hydrogen) atoms. The third-order valence-electron chi connectivity index (χ3n) is 3.94. The van der Waals surface area contributed by atoms with E-state index in [1.165, 1.54) is 11.0 Å². The molecular weight excluding hydrogens is 291 g/mol. The number of halogens is 1. The van der Waals surface area contributed by atoms with Gasteiger partial charge in [-0.05, 0) is 12.1 Å². The molecule has 1 atom stereocenters. The fourth-order valence-corrected chi connectivity index (χ4v) is 3.72. The van der Waals surface area contributed by atoms with Gasteiger partial charge in [0.15, 0.2) is 0 Å². The summed E-state index contributed by atoms with van der Waals surface area (Å²) < 4.78 is 13.8. The van der Waals surface area contributed by atoms with Gasteiger partial charge in [0.1, 0.15) is 5.82 Å². The highest BCUT2D eigenvalue weighted by molar-refractivity contribution is 7.99. The molecule has 0 saturated carbocycles. The van der Waals surface area contributed by atoms with Crippen molar-refractivity contribution >= 4 is 29.3 Å². The maximum Gasteiger partial charge on any atom is 0.228 e. The molecule has 4 nitrogen and oxygen atoms in total. The predicted octanol–water partition coefficient (Wildman–Crippen LogP) is 1.75. The van der Waals surface area contributed by atoms with Crippen LogP contribution < -0.4 is 4.90 Å². The van der Waals surface area contributed by atoms with Gasteiger partial charge in [0.2, 0.25) is 11.8 Å². The number of hydrogen-bond donors (Lipinski definition) is 0. The SMILES string of the molecule is O=C(C1CC(=O)N(c2ccccc2F)C1)N1CCSCC1. The van der Waals surface area contributed by atoms with Crippen LogP contribution in [0.2, 0.25) is 0 Å². The number of anilines is 1. The lowest BCUT2D eigenvalue weighted by Crippen LogP contribution is -2.42. The Balaban J connectivity index is 1.72. The van der Waals surface area contributed by atoms with Gasteiger partial charge in [-0.15, -0.1) is 0 Å². The van der Waals surface area contributed by atoms with Gasteiger partial charge in [0.25, 0.3) is 0 Å². The summed E-state index contributed by atoms with van der Waals surface area (Å²) in [4.78, 5) is 27.8. The van der Waals surface area contributed by atoms with Gasteiger partial charge in [0, 0.05) is 37.6 Å². The molecule has 2 aliphatic rings. The van der Waals surface area contributed by atoms with E-state index < -0.39 is 5.82 Å². The van der Waals surface area contributed by atoms with Crippen molar-refractivity contribution in [3.05, 3.63) is 30.1 Å². The number of thioether (sulfide) groups is 1. The maximum absolute atomic E-state index is 13.8. The van der Waals surface area contributed by atoms with Crippen molar-refractivity contribution in [2.45, 2.75) is 6.42 Å². The van der Waals surface area contributed by atoms with Crippen LogP contribution in [-0.4, -0.2) is 47.9 Å². The highest BCUT2D eigenvalue weighted by atomic mass is 32.2. The highest BCUT2D eigenvalue weighted by Crippen LogP contribution is 2.28. The molecule has 0 spiro atoms. The standard InChI is InChI=1S/C15H17FN2O2S/c16-12-3-1-2-4-13(12)18-10-11(9-14(18)19)15(20)17-5-7-21-8-6-17/h1-4,11H,5-10H2. The molecule has 0 bridgehead atoms. The fraction of sp³-hybridized carbons (Fsp3) is 0.467. The van der Waals surface area contributed by atoms with E-state index in [9.17, 15) is 14.0 Å². The Labute approximate surface area is 127 Å². The average Bonchev–Trinajstić information content (AvgIpc) is 2.90. The smallest absolute Gasteiger partial charge is 0.228 e. The summed E-state index contributed by atoms with van der Waals surface area (Å²) in [6, 6.07) is 6.20. The molecule has 2 fully saturated rings. The van der Waals surface area contributed by atoms with Crippen LogP contribution in [0.1, 0.15) is 6.42 Å². The number of amides is 2. The zero-order valence-corrected chi connectivity index (χ0v) is 12.4. The van der Waals surface area contributed by atoms with E-state index >= 15 is 0 Å². The van der Waals surface area contributed by atoms with Gasteiger partial charge in [-0.3, -0.25) is 9.59 Å². The number of carbonyl (C=O) groups excluding carboxylic acids is 2. The van der Waals surface area contributed by atoms with E-state index in [1.807, 2.05) is 16.7 Å². The third-order valence-corrected chi connectivity index (χ3v) is 4.88. The number of nitrogens with zero attached hydrogens (tertiary/aromatic N) is 2. The quantitative estimate of drug-likeness (QED) is 0.836. The molecule has 0 aromatic heterocycles. The van der Waals surface area contributed by atoms with Crippen molar-refractivity contribution in [1.29, 1.82) is 0 Å². The summed E-state index contributed by atoms with van der Waals surface area (Å²) in [5.41, 5.74) is 0.270. The second-order valence-electron chi connectivity index (χ2n) is 5.29. The predicted molar refractivity (Wildman–Crippen MR) is 80.8 cm³/mol. The van der Waals surface area contributed by atoms with Crippen LogP contribution in [0, 0.1) is 11.7 Å². The minimum atomic E-state index is -0.423. The van der Waals surface area contributed by atoms with E-state index in [-0.39, 0.29) is 36.4 Å². The lowest BCUT2D eigenvalue weighted by atomic mass is 10.1. The molecule has 0 aliphatic carbocycles. The first-order valence-electron chi connectivity index (χ1n) is 7.08. The summed E-state index contributed by atoms with van der Waals surface area (Å²) in [7, 11) is 0. The van der Waals surface area contributed by atoms with E-state index in [0.717, 1.165) is 24.6 Å². The van der Waals surface area contributed by atoms with Gasteiger partial charge < -0.3 is 9.80 Å². The molecule has 1 aromatic carbocycles. The van der Waals surface area contributed by atoms with E-state index in [4.69, 9.17) is 0 Å². The lowest BCUT2D eigenvalue weighted by molar-refractivity contribution is -0.135. The van der Waals surface area contributed by atoms with Gasteiger partial charge in [-0.2, -0.15) is 11.8 Å². The van der Waals surface area contributed by atoms with E-state index in [1.54, 1.807) is 18.2 Å². The summed E-state index contributed by atoms with van der Waals surface area (Å²) in [6.45, 7) is 1.77. The Hall–Kier alpha value is -1.56. The molecule has 0 N–H and O–H groups in total. The number of hydrogen-bond acceptors (Lipinski definition) is 3. The molecule has 2 saturated heterocycles. The second kappa shape index (κ2) is 6.05. The molecule has 1 unspecified atom stereocenters. The molecule has 3 rings (SSSR count). The first kappa shape index (κ1) is 14.4. The topological polar surface area (TPSA) is 40.6 Å². The molecule has 0 radical (unpaired) electrons. The third kappa shape index (κ3) is 2.90. The van der Waals surface area contributed by atoms with E-state index in [2.05, 4.69) is 0 Å². The van der Waals surface area contributed by atoms with Crippen molar-refractivity contribution in [1.82, 2.24) is 4.90 Å². The van der Waals surface area contributed by atoms with Gasteiger partial charge in [-0.25, -0.2) is 4.39 Å². The Bertz CT molecular complexity index is 560. The maximum atomic E-state index is 13.8. The zero-order chi connectivity index (χ0) is 14.8. The molecule has 2 heterocycles. The van der Waals surface area contributed by atoms with Crippen LogP contribution in [0.5, 0.6) is 0 Å². The Kier molecular flexibility index (Phi) is 4.14. The van der Waals surface area contributed by atoms with Crippen LogP contribution in [0.4, 0.5) is 10.1 Å². The van der Waals surface area contributed by atoms with Crippen LogP contribution in [0.15, 0.2) is 24.3 Å². The molecule has 6 heteroatoms. The minimum absolute atomic E-state index is 0.0301. The molecule has 112 valence electrons. The van der Waals surface area contributed by atoms with Crippen molar-refractivity contribution in [2.75, 3.05) is 36.0 Å². The summed E-state index contributed by atoms with van der Waals surface area (Å²) in [5.74, 6) is 0.980. The van der Waals surface area contributed by atoms with Crippen molar-refractivity contribution in [3.63, 3.8) is 0 Å². The normalized spacial score (nSPS) is 22.7. The molecule has 2 aliphatic heterocycles. The second-order valence-corrected chi connectivity index (χ2v) is 6.52. The number of carbonyl (C=O) groups is 2. The zero-order valence-electron chi connectivity index (χ0n) is 11.6. The number of benzene rings is 1. The van der Waals surface area contributed by atoms with Gasteiger partial charge >= 0.3 is 0 Å². The molecular formula is C15H17FN2O2S. The van der Waals surface area contributed by atoms with Crippen LogP contribution >= 0.6 is 11.8 Å². The summed E-state index contributed by atoms with van der Waals surface area (Å²) in [6.07, 6.45) is 0.177. The average molecular weight is 308 g/mol. The Morgan fingerprint density at radius 1 is 1.24 bits per heavy atom. The van der Waals surface area contributed by atoms with Crippen LogP contribution in [-0.2, 0) is 9.59 Å². The van der Waals surface area contributed by atoms with Gasteiger partial charge in [-0.1, -0.05) is 12.1 Å². The van der Waals surface area contributed by atoms with E-state index in [0.29, 0.717) is 0 Å². The Morgan fingerprint density at radius 2 is 1.95 bits per heavy atom. The summed E-state index contributed by atoms with van der Waals surface area (Å²) in [5, 5.41) is 0. The molecule has 1 aromatic rings. The largest absolute Gasteiger partial charge is 0.341 e. The first-order chi connectivity index (χ1) is 10.2. The van der Waals surface area contributed by atoms with Crippen molar-refractivity contribution in [3.8, 4) is 0 Å². The first-order valence-corrected chi connectivity index (χ1v) is 8.23. The fourth-order valence-electron chi connectivity index (χ4n) is 2.82. The summed E-state index contributed by atoms with van der Waals surface area (Å²) >= 11 is 1.84.